The number of carbonyl (C=O) groups is 2. The molecule has 8 nitrogen and oxygen atoms in total. The first-order valence-corrected chi connectivity index (χ1v) is 11.2. The number of H-pyrrole nitrogens is 1. The zero-order valence-corrected chi connectivity index (χ0v) is 18.8. The molecule has 1 fully saturated rings. The number of rotatable bonds is 4. The fourth-order valence-corrected chi connectivity index (χ4v) is 4.55. The third-order valence-corrected chi connectivity index (χ3v) is 6.19. The molecule has 2 aromatic heterocycles. The lowest BCUT2D eigenvalue weighted by Crippen LogP contribution is -2.33. The van der Waals surface area contributed by atoms with Gasteiger partial charge in [0.05, 0.1) is 24.5 Å². The fourth-order valence-electron chi connectivity index (χ4n) is 4.55. The Bertz CT molecular complexity index is 1300. The number of aromatic amines is 1. The minimum atomic E-state index is -4.54. The molecule has 0 unspecified atom stereocenters. The van der Waals surface area contributed by atoms with E-state index in [1.54, 1.807) is 0 Å². The molecule has 3 heterocycles. The van der Waals surface area contributed by atoms with Gasteiger partial charge >= 0.3 is 12.3 Å². The Kier molecular flexibility index (Phi) is 5.70. The lowest BCUT2D eigenvalue weighted by atomic mass is 9.99. The van der Waals surface area contributed by atoms with Gasteiger partial charge in [0.25, 0.3) is 0 Å². The molecular formula is C24H22F3N5O3. The predicted octanol–water partition coefficient (Wildman–Crippen LogP) is 4.11. The molecule has 5 rings (SSSR count). The van der Waals surface area contributed by atoms with E-state index in [2.05, 4.69) is 20.5 Å². The van der Waals surface area contributed by atoms with Crippen molar-refractivity contribution >= 4 is 17.7 Å². The lowest BCUT2D eigenvalue weighted by molar-refractivity contribution is -0.141. The smallest absolute Gasteiger partial charge is 0.433 e. The summed E-state index contributed by atoms with van der Waals surface area (Å²) in [5, 5.41) is 10.0. The third kappa shape index (κ3) is 4.45. The number of ether oxygens (including phenoxy) is 1. The summed E-state index contributed by atoms with van der Waals surface area (Å²) >= 11 is 0. The van der Waals surface area contributed by atoms with Crippen LogP contribution in [-0.2, 0) is 28.5 Å². The molecule has 0 saturated carbocycles. The molecule has 2 N–H and O–H groups in total. The van der Waals surface area contributed by atoms with E-state index in [0.717, 1.165) is 47.5 Å². The fraction of sp³-hybridized carbons (Fsp3) is 0.333. The Morgan fingerprint density at radius 2 is 2.09 bits per heavy atom. The van der Waals surface area contributed by atoms with Crippen molar-refractivity contribution in [3.05, 3.63) is 53.3 Å². The predicted molar refractivity (Wildman–Crippen MR) is 121 cm³/mol. The standard InChI is InChI=1S/C24H22F3N5O3/c1-13(33)29-11-17-12-32(23(34)35-17)16-5-6-18-14(9-16)3-2-4-19-21(30-31-22(18)19)15-7-8-28-20(10-15)24(25,26)27/h5-10,17H,2-4,11-12H2,1H3,(H,29,33)(H,30,31)/t17-/m0/s1. The van der Waals surface area contributed by atoms with Gasteiger partial charge < -0.3 is 10.1 Å². The molecule has 11 heteroatoms. The summed E-state index contributed by atoms with van der Waals surface area (Å²) in [6.45, 7) is 1.97. The molecule has 0 radical (unpaired) electrons. The number of nitrogens with one attached hydrogen (secondary N) is 2. The maximum Gasteiger partial charge on any atom is 0.433 e. The highest BCUT2D eigenvalue weighted by molar-refractivity contribution is 5.91. The minimum Gasteiger partial charge on any atom is -0.442 e. The number of cyclic esters (lactones) is 1. The number of pyridine rings is 1. The second kappa shape index (κ2) is 8.71. The minimum absolute atomic E-state index is 0.194. The third-order valence-electron chi connectivity index (χ3n) is 6.19. The highest BCUT2D eigenvalue weighted by Gasteiger charge is 2.34. The van der Waals surface area contributed by atoms with Gasteiger partial charge in [0.2, 0.25) is 5.91 Å². The molecule has 1 aliphatic carbocycles. The number of anilines is 1. The van der Waals surface area contributed by atoms with Crippen LogP contribution in [0.2, 0.25) is 0 Å². The van der Waals surface area contributed by atoms with Gasteiger partial charge in [-0.1, -0.05) is 6.07 Å². The van der Waals surface area contributed by atoms with Crippen LogP contribution in [0.1, 0.15) is 30.2 Å². The highest BCUT2D eigenvalue weighted by atomic mass is 19.4. The van der Waals surface area contributed by atoms with Crippen LogP contribution in [-0.4, -0.2) is 46.4 Å². The van der Waals surface area contributed by atoms with E-state index in [1.807, 2.05) is 18.2 Å². The van der Waals surface area contributed by atoms with Gasteiger partial charge in [-0.25, -0.2) is 4.79 Å². The van der Waals surface area contributed by atoms with Crippen molar-refractivity contribution < 1.29 is 27.5 Å². The molecule has 1 aromatic carbocycles. The molecule has 1 atom stereocenters. The Hall–Kier alpha value is -3.89. The Labute approximate surface area is 198 Å². The average molecular weight is 485 g/mol. The van der Waals surface area contributed by atoms with Crippen molar-refractivity contribution in [3.63, 3.8) is 0 Å². The highest BCUT2D eigenvalue weighted by Crippen LogP contribution is 2.39. The van der Waals surface area contributed by atoms with E-state index in [4.69, 9.17) is 4.74 Å². The molecule has 0 spiro atoms. The van der Waals surface area contributed by atoms with E-state index >= 15 is 0 Å². The number of hydrogen-bond acceptors (Lipinski definition) is 5. The zero-order valence-electron chi connectivity index (χ0n) is 18.8. The van der Waals surface area contributed by atoms with Gasteiger partial charge in [0, 0.05) is 35.5 Å². The first-order valence-electron chi connectivity index (χ1n) is 11.2. The van der Waals surface area contributed by atoms with Gasteiger partial charge in [-0.3, -0.25) is 19.8 Å². The average Bonchev–Trinajstić information content (AvgIpc) is 3.35. The summed E-state index contributed by atoms with van der Waals surface area (Å²) in [6, 6.07) is 8.17. The second-order valence-corrected chi connectivity index (χ2v) is 8.60. The number of halogens is 3. The number of aromatic nitrogens is 3. The van der Waals surface area contributed by atoms with Crippen LogP contribution in [0, 0.1) is 0 Å². The van der Waals surface area contributed by atoms with Crippen LogP contribution in [0.25, 0.3) is 22.5 Å². The normalized spacial score (nSPS) is 17.4. The number of benzene rings is 1. The SMILES string of the molecule is CC(=O)NC[C@H]1CN(c2ccc3c(c2)CCCc2c(-c4ccnc(C(F)(F)F)c4)n[nH]c2-3)C(=O)O1. The van der Waals surface area contributed by atoms with Crippen LogP contribution in [0.4, 0.5) is 23.7 Å². The van der Waals surface area contributed by atoms with Crippen molar-refractivity contribution in [2.75, 3.05) is 18.0 Å². The number of amides is 2. The van der Waals surface area contributed by atoms with Crippen LogP contribution in [0.3, 0.4) is 0 Å². The molecular weight excluding hydrogens is 463 g/mol. The Balaban J connectivity index is 1.44. The summed E-state index contributed by atoms with van der Waals surface area (Å²) in [5.74, 6) is -0.194. The summed E-state index contributed by atoms with van der Waals surface area (Å²) < 4.78 is 44.8. The van der Waals surface area contributed by atoms with Gasteiger partial charge in [-0.15, -0.1) is 0 Å². The second-order valence-electron chi connectivity index (χ2n) is 8.60. The first kappa shape index (κ1) is 22.9. The number of carbonyl (C=O) groups excluding carboxylic acids is 2. The molecule has 182 valence electrons. The van der Waals surface area contributed by atoms with Crippen LogP contribution < -0.4 is 10.2 Å². The number of nitrogens with zero attached hydrogens (tertiary/aromatic N) is 3. The van der Waals surface area contributed by atoms with Crippen molar-refractivity contribution in [2.45, 2.75) is 38.5 Å². The van der Waals surface area contributed by atoms with Crippen molar-refractivity contribution in [3.8, 4) is 22.5 Å². The number of aryl methyl sites for hydroxylation is 1. The molecule has 1 saturated heterocycles. The molecule has 1 aliphatic heterocycles. The van der Waals surface area contributed by atoms with Crippen LogP contribution in [0.5, 0.6) is 0 Å². The lowest BCUT2D eigenvalue weighted by Gasteiger charge is -2.16. The van der Waals surface area contributed by atoms with Crippen molar-refractivity contribution in [1.82, 2.24) is 20.5 Å². The first-order chi connectivity index (χ1) is 16.7. The monoisotopic (exact) mass is 485 g/mol. The van der Waals surface area contributed by atoms with Gasteiger partial charge in [-0.2, -0.15) is 18.3 Å². The molecule has 3 aromatic rings. The van der Waals surface area contributed by atoms with E-state index in [1.165, 1.54) is 17.9 Å². The van der Waals surface area contributed by atoms with Gasteiger partial charge in [-0.05, 0) is 49.1 Å². The summed E-state index contributed by atoms with van der Waals surface area (Å²) in [7, 11) is 0. The quantitative estimate of drug-likeness (QED) is 0.580. The van der Waals surface area contributed by atoms with E-state index in [9.17, 15) is 22.8 Å². The van der Waals surface area contributed by atoms with E-state index in [0.29, 0.717) is 29.9 Å². The summed E-state index contributed by atoms with van der Waals surface area (Å²) in [4.78, 5) is 28.5. The molecule has 2 amide bonds. The van der Waals surface area contributed by atoms with E-state index in [-0.39, 0.29) is 12.5 Å². The maximum atomic E-state index is 13.2. The number of alkyl halides is 3. The van der Waals surface area contributed by atoms with Gasteiger partial charge in [0.15, 0.2) is 0 Å². The molecule has 2 aliphatic rings. The zero-order chi connectivity index (χ0) is 24.7. The van der Waals surface area contributed by atoms with Gasteiger partial charge in [0.1, 0.15) is 11.8 Å². The van der Waals surface area contributed by atoms with Crippen molar-refractivity contribution in [1.29, 1.82) is 0 Å². The topological polar surface area (TPSA) is 100 Å². The summed E-state index contributed by atoms with van der Waals surface area (Å²) in [5.41, 5.74) is 4.08. The van der Waals surface area contributed by atoms with Crippen LogP contribution in [0.15, 0.2) is 36.5 Å². The van der Waals surface area contributed by atoms with E-state index < -0.39 is 24.1 Å². The Morgan fingerprint density at radius 3 is 2.86 bits per heavy atom. The summed E-state index contributed by atoms with van der Waals surface area (Å²) in [6.07, 6.45) is -2.17. The van der Waals surface area contributed by atoms with Crippen LogP contribution >= 0.6 is 0 Å². The molecule has 0 bridgehead atoms. The number of hydrogen-bond donors (Lipinski definition) is 2. The Morgan fingerprint density at radius 1 is 1.26 bits per heavy atom. The van der Waals surface area contributed by atoms with Crippen molar-refractivity contribution in [2.24, 2.45) is 0 Å². The molecule has 35 heavy (non-hydrogen) atoms. The maximum absolute atomic E-state index is 13.2. The largest absolute Gasteiger partial charge is 0.442 e. The number of fused-ring (bicyclic) bond motifs is 3.